The summed E-state index contributed by atoms with van der Waals surface area (Å²) in [6.45, 7) is 3.79. The topological polar surface area (TPSA) is 94.5 Å². The van der Waals surface area contributed by atoms with Crippen LogP contribution in [0.25, 0.3) is 5.95 Å². The van der Waals surface area contributed by atoms with Crippen LogP contribution in [0.15, 0.2) is 6.07 Å². The third-order valence-corrected chi connectivity index (χ3v) is 2.02. The van der Waals surface area contributed by atoms with Gasteiger partial charge in [0, 0.05) is 18.4 Å². The lowest BCUT2D eigenvalue weighted by Crippen LogP contribution is -2.08. The smallest absolute Gasteiger partial charge is 0.254 e. The maximum Gasteiger partial charge on any atom is 0.254 e. The third-order valence-electron chi connectivity index (χ3n) is 2.02. The molecule has 0 amide bonds. The van der Waals surface area contributed by atoms with Crippen molar-refractivity contribution in [2.24, 2.45) is 0 Å². The summed E-state index contributed by atoms with van der Waals surface area (Å²) in [4.78, 5) is 12.5. The number of nitrogens with one attached hydrogen (secondary N) is 1. The van der Waals surface area contributed by atoms with Crippen molar-refractivity contribution in [2.45, 2.75) is 13.8 Å². The molecule has 0 spiro atoms. The van der Waals surface area contributed by atoms with Crippen molar-refractivity contribution in [3.8, 4) is 5.95 Å². The van der Waals surface area contributed by atoms with E-state index in [1.807, 2.05) is 19.9 Å². The van der Waals surface area contributed by atoms with Gasteiger partial charge in [0.25, 0.3) is 5.95 Å². The maximum atomic E-state index is 5.72. The SMILES string of the molecule is CNc1nc(N)n(-c2nc(C)cc(C)n2)n1. The van der Waals surface area contributed by atoms with Gasteiger partial charge in [-0.1, -0.05) is 0 Å². The number of anilines is 2. The summed E-state index contributed by atoms with van der Waals surface area (Å²) in [6, 6.07) is 1.88. The van der Waals surface area contributed by atoms with E-state index < -0.39 is 0 Å². The Morgan fingerprint density at radius 1 is 1.19 bits per heavy atom. The fourth-order valence-electron chi connectivity index (χ4n) is 1.38. The minimum atomic E-state index is 0.259. The van der Waals surface area contributed by atoms with Gasteiger partial charge in [-0.25, -0.2) is 9.97 Å². The largest absolute Gasteiger partial charge is 0.368 e. The monoisotopic (exact) mass is 219 g/mol. The number of aromatic nitrogens is 5. The fourth-order valence-corrected chi connectivity index (χ4v) is 1.38. The summed E-state index contributed by atoms with van der Waals surface area (Å²) in [5, 5.41) is 6.93. The number of aryl methyl sites for hydroxylation is 2. The molecule has 7 nitrogen and oxygen atoms in total. The van der Waals surface area contributed by atoms with E-state index in [0.29, 0.717) is 11.9 Å². The summed E-state index contributed by atoms with van der Waals surface area (Å²) in [7, 11) is 1.72. The summed E-state index contributed by atoms with van der Waals surface area (Å²) in [5.74, 6) is 1.14. The molecule has 0 unspecified atom stereocenters. The number of nitrogens with two attached hydrogens (primary N) is 1. The van der Waals surface area contributed by atoms with Gasteiger partial charge in [0.1, 0.15) is 0 Å². The summed E-state index contributed by atoms with van der Waals surface area (Å²) >= 11 is 0. The Kier molecular flexibility index (Phi) is 2.43. The normalized spacial score (nSPS) is 10.4. The van der Waals surface area contributed by atoms with Gasteiger partial charge in [0.15, 0.2) is 0 Å². The Bertz CT molecular complexity index is 496. The Morgan fingerprint density at radius 2 is 1.81 bits per heavy atom. The predicted octanol–water partition coefficient (Wildman–Crippen LogP) is 0.298. The molecule has 0 atom stereocenters. The number of hydrogen-bond donors (Lipinski definition) is 2. The summed E-state index contributed by atoms with van der Waals surface area (Å²) in [5.41, 5.74) is 7.45. The Morgan fingerprint density at radius 3 is 2.31 bits per heavy atom. The molecule has 0 aliphatic carbocycles. The zero-order valence-electron chi connectivity index (χ0n) is 9.39. The van der Waals surface area contributed by atoms with Gasteiger partial charge >= 0.3 is 0 Å². The molecule has 0 radical (unpaired) electrons. The van der Waals surface area contributed by atoms with E-state index in [1.165, 1.54) is 4.68 Å². The van der Waals surface area contributed by atoms with Crippen LogP contribution < -0.4 is 11.1 Å². The van der Waals surface area contributed by atoms with Gasteiger partial charge in [-0.2, -0.15) is 9.67 Å². The minimum absolute atomic E-state index is 0.259. The van der Waals surface area contributed by atoms with Crippen LogP contribution in [0.4, 0.5) is 11.9 Å². The molecule has 0 saturated heterocycles. The number of rotatable bonds is 2. The molecule has 0 saturated carbocycles. The lowest BCUT2D eigenvalue weighted by Gasteiger charge is -2.02. The molecule has 2 rings (SSSR count). The molecule has 3 N–H and O–H groups in total. The van der Waals surface area contributed by atoms with Crippen LogP contribution in [0.2, 0.25) is 0 Å². The number of nitrogens with zero attached hydrogens (tertiary/aromatic N) is 5. The first kappa shape index (κ1) is 10.3. The second kappa shape index (κ2) is 3.76. The highest BCUT2D eigenvalue weighted by Crippen LogP contribution is 2.10. The molecule has 0 aliphatic heterocycles. The second-order valence-electron chi connectivity index (χ2n) is 3.41. The van der Waals surface area contributed by atoms with Crippen LogP contribution in [0, 0.1) is 13.8 Å². The lowest BCUT2D eigenvalue weighted by atomic mass is 10.4. The Balaban J connectivity index is 2.53. The van der Waals surface area contributed by atoms with Crippen LogP contribution in [-0.4, -0.2) is 31.8 Å². The molecule has 2 aromatic rings. The molecule has 2 aromatic heterocycles. The second-order valence-corrected chi connectivity index (χ2v) is 3.41. The highest BCUT2D eigenvalue weighted by Gasteiger charge is 2.10. The third kappa shape index (κ3) is 1.79. The van der Waals surface area contributed by atoms with Crippen molar-refractivity contribution in [2.75, 3.05) is 18.1 Å². The van der Waals surface area contributed by atoms with Crippen molar-refractivity contribution < 1.29 is 0 Å². The molecular formula is C9H13N7. The first-order valence-electron chi connectivity index (χ1n) is 4.83. The molecule has 0 bridgehead atoms. The molecule has 2 heterocycles. The van der Waals surface area contributed by atoms with Crippen molar-refractivity contribution in [1.29, 1.82) is 0 Å². The van der Waals surface area contributed by atoms with E-state index in [0.717, 1.165) is 11.4 Å². The Hall–Kier alpha value is -2.18. The van der Waals surface area contributed by atoms with Gasteiger partial charge in [-0.15, -0.1) is 5.10 Å². The van der Waals surface area contributed by atoms with E-state index in [9.17, 15) is 0 Å². The molecule has 0 aromatic carbocycles. The molecule has 7 heteroatoms. The zero-order valence-corrected chi connectivity index (χ0v) is 9.39. The first-order valence-corrected chi connectivity index (χ1v) is 4.83. The van der Waals surface area contributed by atoms with Crippen molar-refractivity contribution in [1.82, 2.24) is 24.7 Å². The molecular weight excluding hydrogens is 206 g/mol. The lowest BCUT2D eigenvalue weighted by molar-refractivity contribution is 0.803. The number of hydrogen-bond acceptors (Lipinski definition) is 6. The van der Waals surface area contributed by atoms with Crippen molar-refractivity contribution in [3.63, 3.8) is 0 Å². The summed E-state index contributed by atoms with van der Waals surface area (Å²) < 4.78 is 1.41. The van der Waals surface area contributed by atoms with Crippen LogP contribution in [0.3, 0.4) is 0 Å². The van der Waals surface area contributed by atoms with Crippen molar-refractivity contribution >= 4 is 11.9 Å². The highest BCUT2D eigenvalue weighted by atomic mass is 15.5. The van der Waals surface area contributed by atoms with Gasteiger partial charge in [0.2, 0.25) is 11.9 Å². The van der Waals surface area contributed by atoms with Crippen LogP contribution in [0.1, 0.15) is 11.4 Å². The molecule has 0 fully saturated rings. The summed E-state index contributed by atoms with van der Waals surface area (Å²) in [6.07, 6.45) is 0. The van der Waals surface area contributed by atoms with E-state index >= 15 is 0 Å². The van der Waals surface area contributed by atoms with Gasteiger partial charge in [-0.3, -0.25) is 0 Å². The molecule has 16 heavy (non-hydrogen) atoms. The zero-order chi connectivity index (χ0) is 11.7. The number of nitrogen functional groups attached to an aromatic ring is 1. The predicted molar refractivity (Wildman–Crippen MR) is 60.4 cm³/mol. The molecule has 0 aliphatic rings. The molecule has 84 valence electrons. The van der Waals surface area contributed by atoms with Crippen LogP contribution in [0.5, 0.6) is 0 Å². The van der Waals surface area contributed by atoms with Gasteiger partial charge < -0.3 is 11.1 Å². The van der Waals surface area contributed by atoms with E-state index in [4.69, 9.17) is 5.73 Å². The minimum Gasteiger partial charge on any atom is -0.368 e. The van der Waals surface area contributed by atoms with Crippen molar-refractivity contribution in [3.05, 3.63) is 17.5 Å². The first-order chi connectivity index (χ1) is 7.60. The van der Waals surface area contributed by atoms with E-state index in [2.05, 4.69) is 25.4 Å². The Labute approximate surface area is 92.7 Å². The fraction of sp³-hybridized carbons (Fsp3) is 0.333. The highest BCUT2D eigenvalue weighted by molar-refractivity contribution is 5.35. The average Bonchev–Trinajstić information content (AvgIpc) is 2.58. The maximum absolute atomic E-state index is 5.72. The standard InChI is InChI=1S/C9H13N7/c1-5-4-6(2)13-9(12-5)16-7(10)14-8(11-3)15-16/h4H,1-3H3,(H3,10,11,14,15). The van der Waals surface area contributed by atoms with E-state index in [-0.39, 0.29) is 5.95 Å². The average molecular weight is 219 g/mol. The van der Waals surface area contributed by atoms with Gasteiger partial charge in [0.05, 0.1) is 0 Å². The quantitative estimate of drug-likeness (QED) is 0.754. The van der Waals surface area contributed by atoms with Crippen LogP contribution >= 0.6 is 0 Å². The van der Waals surface area contributed by atoms with Crippen LogP contribution in [-0.2, 0) is 0 Å². The van der Waals surface area contributed by atoms with Gasteiger partial charge in [-0.05, 0) is 19.9 Å². The van der Waals surface area contributed by atoms with E-state index in [1.54, 1.807) is 7.05 Å².